The van der Waals surface area contributed by atoms with E-state index >= 15 is 0 Å². The highest BCUT2D eigenvalue weighted by Gasteiger charge is 2.39. The highest BCUT2D eigenvalue weighted by molar-refractivity contribution is 6.05. The zero-order chi connectivity index (χ0) is 19.7. The normalized spacial score (nSPS) is 18.4. The molecule has 4 rings (SSSR count). The van der Waals surface area contributed by atoms with Crippen LogP contribution in [0.2, 0.25) is 0 Å². The molecule has 2 unspecified atom stereocenters. The molecule has 0 saturated heterocycles. The summed E-state index contributed by atoms with van der Waals surface area (Å²) in [5.41, 5.74) is 2.23. The number of hydrogen-bond donors (Lipinski definition) is 0. The van der Waals surface area contributed by atoms with Crippen LogP contribution in [0.3, 0.4) is 0 Å². The number of carbonyl (C=O) groups excluding carboxylic acids is 2. The summed E-state index contributed by atoms with van der Waals surface area (Å²) in [6.07, 6.45) is 3.76. The molecule has 3 aromatic rings. The van der Waals surface area contributed by atoms with Crippen molar-refractivity contribution in [3.8, 4) is 0 Å². The molecule has 1 aromatic carbocycles. The van der Waals surface area contributed by atoms with Crippen LogP contribution >= 0.6 is 0 Å². The van der Waals surface area contributed by atoms with E-state index in [1.807, 2.05) is 43.3 Å². The number of rotatable bonds is 3. The molecule has 6 heteroatoms. The van der Waals surface area contributed by atoms with E-state index in [1.165, 1.54) is 6.26 Å². The number of benzene rings is 1. The smallest absolute Gasteiger partial charge is 0.294 e. The molecule has 1 aliphatic heterocycles. The van der Waals surface area contributed by atoms with Gasteiger partial charge in [-0.15, -0.1) is 0 Å². The van der Waals surface area contributed by atoms with Crippen molar-refractivity contribution in [3.05, 3.63) is 78.5 Å². The zero-order valence-corrected chi connectivity index (χ0v) is 15.8. The molecule has 0 bridgehead atoms. The first-order valence-electron chi connectivity index (χ1n) is 9.24. The highest BCUT2D eigenvalue weighted by Crippen LogP contribution is 2.41. The summed E-state index contributed by atoms with van der Waals surface area (Å²) in [7, 11) is 0. The second kappa shape index (κ2) is 7.31. The number of aromatic nitrogens is 1. The van der Waals surface area contributed by atoms with Crippen LogP contribution in [0.5, 0.6) is 0 Å². The van der Waals surface area contributed by atoms with Crippen LogP contribution in [-0.2, 0) is 4.79 Å². The van der Waals surface area contributed by atoms with Gasteiger partial charge >= 0.3 is 0 Å². The lowest BCUT2D eigenvalue weighted by Gasteiger charge is -2.42. The van der Waals surface area contributed by atoms with Crippen LogP contribution in [-0.4, -0.2) is 22.8 Å². The Labute approximate surface area is 163 Å². The summed E-state index contributed by atoms with van der Waals surface area (Å²) < 4.78 is 5.32. The van der Waals surface area contributed by atoms with Gasteiger partial charge < -0.3 is 14.2 Å². The molecule has 1 aliphatic rings. The second-order valence-corrected chi connectivity index (χ2v) is 6.89. The van der Waals surface area contributed by atoms with Gasteiger partial charge in [0.1, 0.15) is 0 Å². The van der Waals surface area contributed by atoms with Gasteiger partial charge in [-0.25, -0.2) is 0 Å². The first kappa shape index (κ1) is 18.0. The molecule has 0 radical (unpaired) electrons. The molecular formula is C22H21N3O3. The standard InChI is InChI=1S/C22H21N3O3/c1-15-14-19(25(16(2)26)17-8-4-3-5-9-17)21-18(10-6-12-23-21)24(15)22(27)20-11-7-13-28-20/h3-13,15,19H,14H2,1-2H3. The lowest BCUT2D eigenvalue weighted by atomic mass is 9.93. The van der Waals surface area contributed by atoms with E-state index in [2.05, 4.69) is 4.98 Å². The number of hydrogen-bond acceptors (Lipinski definition) is 4. The average Bonchev–Trinajstić information content (AvgIpc) is 3.23. The van der Waals surface area contributed by atoms with E-state index < -0.39 is 0 Å². The topological polar surface area (TPSA) is 66.7 Å². The zero-order valence-electron chi connectivity index (χ0n) is 15.8. The molecule has 0 aliphatic carbocycles. The minimum absolute atomic E-state index is 0.0641. The lowest BCUT2D eigenvalue weighted by molar-refractivity contribution is -0.117. The SMILES string of the molecule is CC(=O)N(c1ccccc1)C1CC(C)N(C(=O)c2ccco2)c2cccnc21. The molecule has 28 heavy (non-hydrogen) atoms. The van der Waals surface area contributed by atoms with Gasteiger partial charge in [-0.1, -0.05) is 18.2 Å². The molecule has 0 fully saturated rings. The average molecular weight is 375 g/mol. The molecular weight excluding hydrogens is 354 g/mol. The number of carbonyl (C=O) groups is 2. The Morgan fingerprint density at radius 2 is 1.89 bits per heavy atom. The Kier molecular flexibility index (Phi) is 4.69. The van der Waals surface area contributed by atoms with E-state index in [9.17, 15) is 9.59 Å². The van der Waals surface area contributed by atoms with Crippen LogP contribution < -0.4 is 9.80 Å². The van der Waals surface area contributed by atoms with Crippen molar-refractivity contribution in [3.63, 3.8) is 0 Å². The second-order valence-electron chi connectivity index (χ2n) is 6.89. The lowest BCUT2D eigenvalue weighted by Crippen LogP contribution is -2.47. The Hall–Kier alpha value is -3.41. The predicted octanol–water partition coefficient (Wildman–Crippen LogP) is 4.21. The molecule has 3 heterocycles. The van der Waals surface area contributed by atoms with Gasteiger partial charge in [-0.05, 0) is 49.7 Å². The monoisotopic (exact) mass is 375 g/mol. The molecule has 2 atom stereocenters. The third-order valence-corrected chi connectivity index (χ3v) is 5.03. The predicted molar refractivity (Wildman–Crippen MR) is 106 cm³/mol. The minimum atomic E-state index is -0.258. The Balaban J connectivity index is 1.79. The van der Waals surface area contributed by atoms with Crippen LogP contribution in [0, 0.1) is 0 Å². The maximum Gasteiger partial charge on any atom is 0.294 e. The van der Waals surface area contributed by atoms with Gasteiger partial charge in [0.05, 0.1) is 23.7 Å². The summed E-state index contributed by atoms with van der Waals surface area (Å²) in [6.45, 7) is 3.54. The molecule has 0 saturated carbocycles. The number of fused-ring (bicyclic) bond motifs is 1. The first-order chi connectivity index (χ1) is 13.6. The van der Waals surface area contributed by atoms with Crippen molar-refractivity contribution in [2.24, 2.45) is 0 Å². The first-order valence-corrected chi connectivity index (χ1v) is 9.24. The number of pyridine rings is 1. The molecule has 2 amide bonds. The number of furan rings is 1. The fourth-order valence-electron chi connectivity index (χ4n) is 3.87. The highest BCUT2D eigenvalue weighted by atomic mass is 16.3. The molecule has 0 N–H and O–H groups in total. The third-order valence-electron chi connectivity index (χ3n) is 5.03. The minimum Gasteiger partial charge on any atom is -0.459 e. The van der Waals surface area contributed by atoms with Gasteiger partial charge in [0.2, 0.25) is 5.91 Å². The molecule has 142 valence electrons. The van der Waals surface area contributed by atoms with Gasteiger partial charge in [-0.2, -0.15) is 0 Å². The number of amides is 2. The number of para-hydroxylation sites is 1. The van der Waals surface area contributed by atoms with Gasteiger partial charge in [0.25, 0.3) is 5.91 Å². The maximum absolute atomic E-state index is 13.0. The van der Waals surface area contributed by atoms with Crippen molar-refractivity contribution < 1.29 is 14.0 Å². The van der Waals surface area contributed by atoms with Crippen molar-refractivity contribution >= 4 is 23.2 Å². The molecule has 2 aromatic heterocycles. The van der Waals surface area contributed by atoms with Crippen molar-refractivity contribution in [1.29, 1.82) is 0 Å². The third kappa shape index (κ3) is 3.07. The fraction of sp³-hybridized carbons (Fsp3) is 0.227. The van der Waals surface area contributed by atoms with Gasteiger partial charge in [0.15, 0.2) is 5.76 Å². The number of nitrogens with zero attached hydrogens (tertiary/aromatic N) is 3. The van der Waals surface area contributed by atoms with E-state index in [1.54, 1.807) is 41.1 Å². The Bertz CT molecular complexity index is 985. The van der Waals surface area contributed by atoms with E-state index in [0.717, 1.165) is 5.69 Å². The quantitative estimate of drug-likeness (QED) is 0.688. The summed E-state index contributed by atoms with van der Waals surface area (Å²) in [4.78, 5) is 33.6. The summed E-state index contributed by atoms with van der Waals surface area (Å²) in [5.74, 6) is 0.0108. The summed E-state index contributed by atoms with van der Waals surface area (Å²) in [6, 6.07) is 16.2. The van der Waals surface area contributed by atoms with Crippen molar-refractivity contribution in [1.82, 2.24) is 4.98 Å². The van der Waals surface area contributed by atoms with Crippen molar-refractivity contribution in [2.75, 3.05) is 9.80 Å². The fourth-order valence-corrected chi connectivity index (χ4v) is 3.87. The van der Waals surface area contributed by atoms with Gasteiger partial charge in [0, 0.05) is 24.8 Å². The number of anilines is 2. The van der Waals surface area contributed by atoms with Crippen LogP contribution in [0.25, 0.3) is 0 Å². The largest absolute Gasteiger partial charge is 0.459 e. The summed E-state index contributed by atoms with van der Waals surface area (Å²) in [5, 5.41) is 0. The maximum atomic E-state index is 13.0. The van der Waals surface area contributed by atoms with Crippen LogP contribution in [0.4, 0.5) is 11.4 Å². The summed E-state index contributed by atoms with van der Waals surface area (Å²) >= 11 is 0. The van der Waals surface area contributed by atoms with Gasteiger partial charge in [-0.3, -0.25) is 14.6 Å². The Morgan fingerprint density at radius 1 is 1.11 bits per heavy atom. The van der Waals surface area contributed by atoms with E-state index in [-0.39, 0.29) is 29.7 Å². The molecule has 6 nitrogen and oxygen atoms in total. The van der Waals surface area contributed by atoms with Crippen molar-refractivity contribution in [2.45, 2.75) is 32.4 Å². The van der Waals surface area contributed by atoms with Crippen LogP contribution in [0.15, 0.2) is 71.5 Å². The van der Waals surface area contributed by atoms with E-state index in [4.69, 9.17) is 4.42 Å². The van der Waals surface area contributed by atoms with Crippen LogP contribution in [0.1, 0.15) is 42.6 Å². The Morgan fingerprint density at radius 3 is 2.57 bits per heavy atom. The van der Waals surface area contributed by atoms with E-state index in [0.29, 0.717) is 17.8 Å². The molecule has 0 spiro atoms.